The molecule has 0 saturated heterocycles. The third-order valence-corrected chi connectivity index (χ3v) is 3.33. The summed E-state index contributed by atoms with van der Waals surface area (Å²) in [5.74, 6) is -5.84. The van der Waals surface area contributed by atoms with Crippen molar-refractivity contribution in [2.24, 2.45) is 0 Å². The third kappa shape index (κ3) is 3.04. The first-order valence-corrected chi connectivity index (χ1v) is 6.73. The molecule has 1 atom stereocenters. The molecule has 2 rings (SSSR count). The monoisotopic (exact) mass is 313 g/mol. The van der Waals surface area contributed by atoms with Crippen LogP contribution in [0.25, 0.3) is 0 Å². The average Bonchev–Trinajstić information content (AvgIpc) is 2.44. The maximum Gasteiger partial charge on any atom is 0.547 e. The molecule has 0 saturated carbocycles. The predicted molar refractivity (Wildman–Crippen MR) is 72.5 cm³/mol. The van der Waals surface area contributed by atoms with Crippen molar-refractivity contribution in [3.05, 3.63) is 28.8 Å². The highest BCUT2D eigenvalue weighted by Gasteiger charge is 2.40. The summed E-state index contributed by atoms with van der Waals surface area (Å²) in [6.07, 6.45) is 0.524. The van der Waals surface area contributed by atoms with Crippen LogP contribution in [0.2, 0.25) is 0 Å². The van der Waals surface area contributed by atoms with Crippen molar-refractivity contribution < 1.29 is 33.2 Å². The summed E-state index contributed by atoms with van der Waals surface area (Å²) in [5, 5.41) is 21.3. The van der Waals surface area contributed by atoms with Crippen molar-refractivity contribution in [2.45, 2.75) is 32.1 Å². The van der Waals surface area contributed by atoms with E-state index < -0.39 is 42.0 Å². The lowest BCUT2D eigenvalue weighted by atomic mass is 9.72. The molecule has 1 unspecified atom stereocenters. The summed E-state index contributed by atoms with van der Waals surface area (Å²) in [6, 6.07) is 0.499. The van der Waals surface area contributed by atoms with Crippen LogP contribution in [-0.2, 0) is 11.2 Å². The minimum absolute atomic E-state index is 0.210. The Kier molecular flexibility index (Phi) is 4.65. The maximum absolute atomic E-state index is 13.9. The topological polar surface area (TPSA) is 95.9 Å². The van der Waals surface area contributed by atoms with E-state index in [1.54, 1.807) is 6.92 Å². The zero-order valence-corrected chi connectivity index (χ0v) is 11.7. The Morgan fingerprint density at radius 2 is 2.18 bits per heavy atom. The molecule has 0 bridgehead atoms. The number of benzene rings is 1. The Bertz CT molecular complexity index is 625. The second kappa shape index (κ2) is 6.31. The number of amides is 1. The van der Waals surface area contributed by atoms with Crippen LogP contribution in [0, 0.1) is 11.6 Å². The Morgan fingerprint density at radius 3 is 2.77 bits per heavy atom. The molecule has 118 valence electrons. The molecule has 0 aliphatic carbocycles. The first kappa shape index (κ1) is 16.2. The van der Waals surface area contributed by atoms with Gasteiger partial charge in [0.25, 0.3) is 0 Å². The molecule has 0 radical (unpaired) electrons. The van der Waals surface area contributed by atoms with E-state index in [9.17, 15) is 23.4 Å². The zero-order valence-electron chi connectivity index (χ0n) is 11.7. The van der Waals surface area contributed by atoms with Crippen molar-refractivity contribution in [1.82, 2.24) is 5.32 Å². The van der Waals surface area contributed by atoms with Crippen molar-refractivity contribution in [3.63, 3.8) is 0 Å². The Labute approximate surface area is 125 Å². The second-order valence-electron chi connectivity index (χ2n) is 4.97. The first-order chi connectivity index (χ1) is 10.3. The molecule has 1 amide bonds. The van der Waals surface area contributed by atoms with Gasteiger partial charge in [0.15, 0.2) is 11.6 Å². The number of carbonyl (C=O) groups excluding carboxylic acids is 1. The van der Waals surface area contributed by atoms with Crippen LogP contribution in [0.5, 0.6) is 5.75 Å². The highest BCUT2D eigenvalue weighted by molar-refractivity contribution is 6.47. The smallest absolute Gasteiger partial charge is 0.534 e. The van der Waals surface area contributed by atoms with E-state index in [0.717, 1.165) is 0 Å². The van der Waals surface area contributed by atoms with Crippen LogP contribution in [0.4, 0.5) is 8.78 Å². The Balaban J connectivity index is 2.36. The molecule has 0 spiro atoms. The normalized spacial score (nSPS) is 16.7. The molecule has 0 aromatic heterocycles. The molecule has 9 heteroatoms. The fourth-order valence-electron chi connectivity index (χ4n) is 2.29. The molecule has 22 heavy (non-hydrogen) atoms. The van der Waals surface area contributed by atoms with Gasteiger partial charge >= 0.3 is 13.1 Å². The highest BCUT2D eigenvalue weighted by Crippen LogP contribution is 2.33. The average molecular weight is 313 g/mol. The van der Waals surface area contributed by atoms with Gasteiger partial charge in [-0.2, -0.15) is 0 Å². The molecule has 1 heterocycles. The van der Waals surface area contributed by atoms with Crippen LogP contribution < -0.4 is 9.97 Å². The van der Waals surface area contributed by atoms with Crippen LogP contribution >= 0.6 is 0 Å². The van der Waals surface area contributed by atoms with E-state index in [2.05, 4.69) is 5.32 Å². The Morgan fingerprint density at radius 1 is 1.50 bits per heavy atom. The van der Waals surface area contributed by atoms with Gasteiger partial charge in [0.2, 0.25) is 5.91 Å². The van der Waals surface area contributed by atoms with Gasteiger partial charge in [0.1, 0.15) is 11.3 Å². The van der Waals surface area contributed by atoms with Crippen LogP contribution in [0.1, 0.15) is 35.7 Å². The molecular weight excluding hydrogens is 299 g/mol. The number of carboxylic acid groups (broad SMARTS) is 1. The number of nitrogens with one attached hydrogen (secondary N) is 1. The van der Waals surface area contributed by atoms with Crippen molar-refractivity contribution in [2.75, 3.05) is 0 Å². The minimum Gasteiger partial charge on any atom is -0.534 e. The van der Waals surface area contributed by atoms with Gasteiger partial charge in [-0.25, -0.2) is 13.6 Å². The number of hydrogen-bond donors (Lipinski definition) is 3. The van der Waals surface area contributed by atoms with Gasteiger partial charge in [-0.3, -0.25) is 4.79 Å². The summed E-state index contributed by atoms with van der Waals surface area (Å²) in [6.45, 7) is 1.79. The molecule has 1 aromatic rings. The maximum atomic E-state index is 13.9. The number of carbonyl (C=O) groups is 2. The van der Waals surface area contributed by atoms with Gasteiger partial charge in [-0.15, -0.1) is 0 Å². The SMILES string of the molecule is CCCC(=O)NC1Cc2c(F)c(F)cc(C(=O)O)c2OB1O. The van der Waals surface area contributed by atoms with Crippen molar-refractivity contribution in [1.29, 1.82) is 0 Å². The van der Waals surface area contributed by atoms with Crippen LogP contribution in [0.15, 0.2) is 6.07 Å². The van der Waals surface area contributed by atoms with Crippen LogP contribution in [-0.4, -0.2) is 35.1 Å². The molecule has 1 aliphatic heterocycles. The fourth-order valence-corrected chi connectivity index (χ4v) is 2.29. The molecule has 6 nitrogen and oxygen atoms in total. The van der Waals surface area contributed by atoms with E-state index in [1.165, 1.54) is 0 Å². The summed E-state index contributed by atoms with van der Waals surface area (Å²) in [5.41, 5.74) is -0.893. The largest absolute Gasteiger partial charge is 0.547 e. The number of hydrogen-bond acceptors (Lipinski definition) is 4. The van der Waals surface area contributed by atoms with Gasteiger partial charge in [-0.1, -0.05) is 6.92 Å². The quantitative estimate of drug-likeness (QED) is 0.718. The van der Waals surface area contributed by atoms with Gasteiger partial charge in [0.05, 0.1) is 5.94 Å². The van der Waals surface area contributed by atoms with Gasteiger partial charge in [-0.05, 0) is 18.9 Å². The van der Waals surface area contributed by atoms with Gasteiger partial charge in [0, 0.05) is 12.0 Å². The molecule has 1 aliphatic rings. The van der Waals surface area contributed by atoms with Gasteiger partial charge < -0.3 is 20.1 Å². The molecule has 3 N–H and O–H groups in total. The summed E-state index contributed by atoms with van der Waals surface area (Å²) >= 11 is 0. The van der Waals surface area contributed by atoms with E-state index in [4.69, 9.17) is 9.76 Å². The summed E-state index contributed by atoms with van der Waals surface area (Å²) in [7, 11) is -1.55. The molecule has 1 aromatic carbocycles. The number of rotatable bonds is 4. The lowest BCUT2D eigenvalue weighted by molar-refractivity contribution is -0.121. The number of halogens is 2. The standard InChI is InChI=1S/C13H14BF2NO5/c1-2-3-10(18)17-9-5-6-11(16)8(15)4-7(13(19)20)12(6)22-14(9)21/h4,9,21H,2-3,5H2,1H3,(H,17,18)(H,19,20). The van der Waals surface area contributed by atoms with E-state index in [1.807, 2.05) is 0 Å². The fraction of sp³-hybridized carbons (Fsp3) is 0.385. The lowest BCUT2D eigenvalue weighted by Crippen LogP contribution is -2.53. The third-order valence-electron chi connectivity index (χ3n) is 3.33. The highest BCUT2D eigenvalue weighted by atomic mass is 19.2. The zero-order chi connectivity index (χ0) is 16.4. The van der Waals surface area contributed by atoms with Crippen LogP contribution in [0.3, 0.4) is 0 Å². The predicted octanol–water partition coefficient (Wildman–Crippen LogP) is 0.903. The number of aromatic carboxylic acids is 1. The number of carboxylic acids is 1. The Hall–Kier alpha value is -2.16. The molecular formula is C13H14BF2NO5. The van der Waals surface area contributed by atoms with Crippen molar-refractivity contribution in [3.8, 4) is 5.75 Å². The van der Waals surface area contributed by atoms with E-state index in [0.29, 0.717) is 12.5 Å². The summed E-state index contributed by atoms with van der Waals surface area (Å²) < 4.78 is 32.4. The molecule has 0 fully saturated rings. The number of fused-ring (bicyclic) bond motifs is 1. The summed E-state index contributed by atoms with van der Waals surface area (Å²) in [4.78, 5) is 22.6. The van der Waals surface area contributed by atoms with E-state index in [-0.39, 0.29) is 24.3 Å². The first-order valence-electron chi connectivity index (χ1n) is 6.73. The minimum atomic E-state index is -1.55. The van der Waals surface area contributed by atoms with E-state index >= 15 is 0 Å². The van der Waals surface area contributed by atoms with Crippen molar-refractivity contribution >= 4 is 19.0 Å². The lowest BCUT2D eigenvalue weighted by Gasteiger charge is -2.29. The second-order valence-corrected chi connectivity index (χ2v) is 4.97.